The van der Waals surface area contributed by atoms with Gasteiger partial charge in [-0.1, -0.05) is 30.3 Å². The monoisotopic (exact) mass is 289 g/mol. The lowest BCUT2D eigenvalue weighted by atomic mass is 9.95. The minimum Gasteiger partial charge on any atom is -0.297 e. The van der Waals surface area contributed by atoms with E-state index >= 15 is 0 Å². The molecular weight excluding hydrogens is 274 g/mol. The van der Waals surface area contributed by atoms with Crippen LogP contribution in [0.25, 0.3) is 0 Å². The first-order valence-electron chi connectivity index (χ1n) is 5.14. The van der Waals surface area contributed by atoms with Crippen molar-refractivity contribution < 1.29 is 0 Å². The zero-order valence-corrected chi connectivity index (χ0v) is 12.2. The van der Waals surface area contributed by atoms with Crippen molar-refractivity contribution in [1.82, 2.24) is 5.32 Å². The Morgan fingerprint density at radius 2 is 1.75 bits per heavy atom. The third kappa shape index (κ3) is 2.01. The first kappa shape index (κ1) is 13.0. The van der Waals surface area contributed by atoms with Gasteiger partial charge in [0, 0.05) is 5.25 Å². The summed E-state index contributed by atoms with van der Waals surface area (Å²) in [5.41, 5.74) is 1.07. The molecule has 2 unspecified atom stereocenters. The zero-order chi connectivity index (χ0) is 11.8. The molecule has 0 amide bonds. The van der Waals surface area contributed by atoms with Gasteiger partial charge in [0.2, 0.25) is 0 Å². The number of nitrogens with one attached hydrogen (secondary N) is 1. The molecular formula is C11H15NS4. The molecule has 1 N–H and O–H groups in total. The summed E-state index contributed by atoms with van der Waals surface area (Å²) in [4.78, 5) is -0.564. The standard InChI is InChI=1S/C11H15NS4/c13-9-6-7-12-10(14,11(9,15)16)8-4-2-1-3-5-8/h1-5,9,12-16H,6-7H2. The van der Waals surface area contributed by atoms with E-state index in [1.165, 1.54) is 0 Å². The molecule has 0 aromatic heterocycles. The van der Waals surface area contributed by atoms with E-state index in [9.17, 15) is 0 Å². The van der Waals surface area contributed by atoms with Crippen molar-refractivity contribution in [2.45, 2.75) is 20.6 Å². The van der Waals surface area contributed by atoms with Gasteiger partial charge < -0.3 is 0 Å². The molecule has 0 saturated carbocycles. The predicted octanol–water partition coefficient (Wildman–Crippen LogP) is 2.62. The van der Waals surface area contributed by atoms with Gasteiger partial charge in [0.05, 0.1) is 4.08 Å². The highest BCUT2D eigenvalue weighted by atomic mass is 32.2. The molecule has 1 heterocycles. The summed E-state index contributed by atoms with van der Waals surface area (Å²) in [5, 5.41) is 3.49. The van der Waals surface area contributed by atoms with E-state index in [2.05, 4.69) is 43.2 Å². The van der Waals surface area contributed by atoms with Gasteiger partial charge >= 0.3 is 0 Å². The van der Waals surface area contributed by atoms with Gasteiger partial charge in [0.1, 0.15) is 4.87 Å². The highest BCUT2D eigenvalue weighted by Gasteiger charge is 2.51. The molecule has 1 saturated heterocycles. The van der Waals surface area contributed by atoms with E-state index in [0.717, 1.165) is 18.5 Å². The molecule has 2 rings (SSSR count). The van der Waals surface area contributed by atoms with Crippen LogP contribution < -0.4 is 5.32 Å². The average Bonchev–Trinajstić information content (AvgIpc) is 2.28. The van der Waals surface area contributed by atoms with Crippen LogP contribution in [0.4, 0.5) is 0 Å². The Kier molecular flexibility index (Phi) is 3.82. The highest BCUT2D eigenvalue weighted by Crippen LogP contribution is 2.50. The van der Waals surface area contributed by atoms with Crippen molar-refractivity contribution in [2.24, 2.45) is 0 Å². The summed E-state index contributed by atoms with van der Waals surface area (Å²) in [7, 11) is 0. The van der Waals surface area contributed by atoms with Gasteiger partial charge in [-0.2, -0.15) is 50.5 Å². The highest BCUT2D eigenvalue weighted by molar-refractivity contribution is 8.03. The molecule has 0 spiro atoms. The van der Waals surface area contributed by atoms with Crippen molar-refractivity contribution in [1.29, 1.82) is 0 Å². The van der Waals surface area contributed by atoms with Crippen LogP contribution in [0.5, 0.6) is 0 Å². The van der Waals surface area contributed by atoms with E-state index in [1.807, 2.05) is 30.3 Å². The lowest BCUT2D eigenvalue weighted by Crippen LogP contribution is -2.59. The van der Waals surface area contributed by atoms with Crippen molar-refractivity contribution in [3.63, 3.8) is 0 Å². The summed E-state index contributed by atoms with van der Waals surface area (Å²) in [6.45, 7) is 0.870. The van der Waals surface area contributed by atoms with Gasteiger partial charge in [0.15, 0.2) is 0 Å². The van der Waals surface area contributed by atoms with E-state index in [-0.39, 0.29) is 5.25 Å². The van der Waals surface area contributed by atoms with Crippen LogP contribution in [0, 0.1) is 0 Å². The van der Waals surface area contributed by atoms with Gasteiger partial charge in [-0.3, -0.25) is 5.32 Å². The number of rotatable bonds is 1. The van der Waals surface area contributed by atoms with E-state index in [4.69, 9.17) is 12.6 Å². The normalized spacial score (nSPS) is 33.6. The SMILES string of the molecule is SC1CCNC(S)(c2ccccc2)C1(S)S. The number of hydrogen-bond acceptors (Lipinski definition) is 5. The molecule has 5 heteroatoms. The fraction of sp³-hybridized carbons (Fsp3) is 0.455. The minimum atomic E-state index is -0.598. The van der Waals surface area contributed by atoms with Crippen LogP contribution in [0.15, 0.2) is 30.3 Å². The first-order valence-corrected chi connectivity index (χ1v) is 7.00. The second-order valence-electron chi connectivity index (χ2n) is 4.03. The lowest BCUT2D eigenvalue weighted by Gasteiger charge is -2.49. The molecule has 1 nitrogen and oxygen atoms in total. The summed E-state index contributed by atoms with van der Waals surface area (Å²) < 4.78 is -0.598. The Morgan fingerprint density at radius 3 is 2.38 bits per heavy atom. The van der Waals surface area contributed by atoms with Crippen molar-refractivity contribution in [2.75, 3.05) is 6.54 Å². The second-order valence-corrected chi connectivity index (χ2v) is 7.09. The molecule has 1 aliphatic rings. The Morgan fingerprint density at radius 1 is 1.12 bits per heavy atom. The summed E-state index contributed by atoms with van der Waals surface area (Å²) in [6.07, 6.45) is 0.936. The molecule has 0 radical (unpaired) electrons. The molecule has 88 valence electrons. The molecule has 2 atom stereocenters. The average molecular weight is 290 g/mol. The van der Waals surface area contributed by atoms with Crippen molar-refractivity contribution in [3.05, 3.63) is 35.9 Å². The summed E-state index contributed by atoms with van der Waals surface area (Å²) in [5.74, 6) is 0. The topological polar surface area (TPSA) is 12.0 Å². The van der Waals surface area contributed by atoms with Crippen LogP contribution in [-0.2, 0) is 4.87 Å². The molecule has 0 bridgehead atoms. The number of thiol groups is 4. The smallest absolute Gasteiger partial charge is 0.112 e. The predicted molar refractivity (Wildman–Crippen MR) is 83.2 cm³/mol. The number of hydrogen-bond donors (Lipinski definition) is 5. The van der Waals surface area contributed by atoms with Gasteiger partial charge in [-0.05, 0) is 18.5 Å². The third-order valence-electron chi connectivity index (χ3n) is 2.99. The molecule has 1 aromatic rings. The Labute approximate surface area is 118 Å². The first-order chi connectivity index (χ1) is 7.48. The van der Waals surface area contributed by atoms with Crippen LogP contribution in [0.1, 0.15) is 12.0 Å². The van der Waals surface area contributed by atoms with Crippen LogP contribution in [0.2, 0.25) is 0 Å². The molecule has 1 aliphatic heterocycles. The maximum atomic E-state index is 4.77. The minimum absolute atomic E-state index is 0.0955. The van der Waals surface area contributed by atoms with Crippen LogP contribution >= 0.6 is 50.5 Å². The molecule has 1 fully saturated rings. The fourth-order valence-electron chi connectivity index (χ4n) is 1.96. The van der Waals surface area contributed by atoms with E-state index in [1.54, 1.807) is 0 Å². The number of piperidine rings is 1. The Hall–Kier alpha value is 0.580. The Balaban J connectivity index is 2.43. The summed E-state index contributed by atoms with van der Waals surface area (Å²) >= 11 is 18.6. The van der Waals surface area contributed by atoms with Crippen molar-refractivity contribution in [3.8, 4) is 0 Å². The van der Waals surface area contributed by atoms with Crippen LogP contribution in [-0.4, -0.2) is 15.9 Å². The zero-order valence-electron chi connectivity index (χ0n) is 8.67. The maximum absolute atomic E-state index is 4.77. The van der Waals surface area contributed by atoms with E-state index in [0.29, 0.717) is 0 Å². The quantitative estimate of drug-likeness (QED) is 0.395. The van der Waals surface area contributed by atoms with Crippen LogP contribution in [0.3, 0.4) is 0 Å². The number of benzene rings is 1. The molecule has 16 heavy (non-hydrogen) atoms. The largest absolute Gasteiger partial charge is 0.297 e. The third-order valence-corrected chi connectivity index (χ3v) is 6.46. The van der Waals surface area contributed by atoms with Gasteiger partial charge in [0.25, 0.3) is 0 Å². The maximum Gasteiger partial charge on any atom is 0.112 e. The molecule has 1 aromatic carbocycles. The second kappa shape index (κ2) is 4.69. The lowest BCUT2D eigenvalue weighted by molar-refractivity contribution is 0.378. The van der Waals surface area contributed by atoms with Crippen molar-refractivity contribution >= 4 is 50.5 Å². The molecule has 0 aliphatic carbocycles. The fourth-order valence-corrected chi connectivity index (χ4v) is 3.47. The summed E-state index contributed by atoms with van der Waals surface area (Å²) in [6, 6.07) is 10.0. The Bertz CT molecular complexity index is 368. The van der Waals surface area contributed by atoms with Gasteiger partial charge in [-0.15, -0.1) is 0 Å². The van der Waals surface area contributed by atoms with Gasteiger partial charge in [-0.25, -0.2) is 0 Å². The van der Waals surface area contributed by atoms with E-state index < -0.39 is 8.95 Å².